The van der Waals surface area contributed by atoms with Gasteiger partial charge in [0.2, 0.25) is 0 Å². The van der Waals surface area contributed by atoms with E-state index < -0.39 is 6.09 Å². The number of hydrogen-bond acceptors (Lipinski definition) is 4. The van der Waals surface area contributed by atoms with Crippen molar-refractivity contribution >= 4 is 12.1 Å². The maximum absolute atomic E-state index is 11.6. The molecule has 0 atom stereocenters. The summed E-state index contributed by atoms with van der Waals surface area (Å²) in [5.74, 6) is 0.313. The number of rotatable bonds is 2. The van der Waals surface area contributed by atoms with Gasteiger partial charge in [-0.2, -0.15) is 0 Å². The van der Waals surface area contributed by atoms with Crippen LogP contribution in [0.2, 0.25) is 0 Å². The molecule has 1 aliphatic heterocycles. The first-order chi connectivity index (χ1) is 9.20. The Morgan fingerprint density at radius 3 is 2.74 bits per heavy atom. The number of piperidine rings is 1. The Kier molecular flexibility index (Phi) is 4.38. The van der Waals surface area contributed by atoms with Crippen LogP contribution in [0.15, 0.2) is 18.7 Å². The zero-order chi connectivity index (χ0) is 13.7. The number of carbonyl (C=O) groups excluding carboxylic acids is 2. The van der Waals surface area contributed by atoms with E-state index >= 15 is 0 Å². The minimum absolute atomic E-state index is 0.0474. The van der Waals surface area contributed by atoms with Gasteiger partial charge in [-0.3, -0.25) is 0 Å². The summed E-state index contributed by atoms with van der Waals surface area (Å²) in [5, 5.41) is 2.61. The van der Waals surface area contributed by atoms with E-state index in [1.807, 2.05) is 0 Å². The van der Waals surface area contributed by atoms with Gasteiger partial charge in [0.05, 0.1) is 6.61 Å². The van der Waals surface area contributed by atoms with Crippen molar-refractivity contribution in [2.24, 2.45) is 5.92 Å². The van der Waals surface area contributed by atoms with E-state index in [-0.39, 0.29) is 6.03 Å². The summed E-state index contributed by atoms with van der Waals surface area (Å²) in [6, 6.07) is -0.0474. The van der Waals surface area contributed by atoms with Crippen molar-refractivity contribution < 1.29 is 14.3 Å². The van der Waals surface area contributed by atoms with Gasteiger partial charge in [0.1, 0.15) is 6.33 Å². The Hall–Kier alpha value is -2.05. The Bertz CT molecular complexity index is 424. The molecular weight excluding hydrogens is 248 g/mol. The van der Waals surface area contributed by atoms with Crippen LogP contribution < -0.4 is 5.32 Å². The highest BCUT2D eigenvalue weighted by molar-refractivity contribution is 5.73. The first-order valence-corrected chi connectivity index (χ1v) is 6.32. The third-order valence-electron chi connectivity index (χ3n) is 3.27. The Morgan fingerprint density at radius 2 is 2.16 bits per heavy atom. The molecule has 1 aliphatic rings. The quantitative estimate of drug-likeness (QED) is 0.863. The maximum Gasteiger partial charge on any atom is 0.419 e. The molecule has 19 heavy (non-hydrogen) atoms. The van der Waals surface area contributed by atoms with Gasteiger partial charge in [0.15, 0.2) is 0 Å². The number of aromatic nitrogens is 2. The molecule has 1 aromatic heterocycles. The molecule has 1 saturated heterocycles. The van der Waals surface area contributed by atoms with E-state index in [9.17, 15) is 9.59 Å². The van der Waals surface area contributed by atoms with Crippen molar-refractivity contribution in [3.8, 4) is 0 Å². The first kappa shape index (κ1) is 13.4. The summed E-state index contributed by atoms with van der Waals surface area (Å²) in [4.78, 5) is 28.6. The molecule has 2 rings (SSSR count). The second kappa shape index (κ2) is 6.21. The number of ether oxygens (including phenoxy) is 1. The second-order valence-corrected chi connectivity index (χ2v) is 4.53. The van der Waals surface area contributed by atoms with E-state index in [1.54, 1.807) is 18.1 Å². The number of hydrogen-bond donors (Lipinski definition) is 1. The zero-order valence-electron chi connectivity index (χ0n) is 10.9. The lowest BCUT2D eigenvalue weighted by Crippen LogP contribution is -2.43. The Morgan fingerprint density at radius 1 is 1.42 bits per heavy atom. The lowest BCUT2D eigenvalue weighted by atomic mass is 9.98. The smallest absolute Gasteiger partial charge is 0.419 e. The molecule has 0 spiro atoms. The zero-order valence-corrected chi connectivity index (χ0v) is 10.9. The van der Waals surface area contributed by atoms with E-state index in [1.165, 1.54) is 17.1 Å². The molecule has 7 heteroatoms. The third-order valence-corrected chi connectivity index (χ3v) is 3.27. The fourth-order valence-electron chi connectivity index (χ4n) is 2.09. The summed E-state index contributed by atoms with van der Waals surface area (Å²) in [7, 11) is 1.63. The predicted molar refractivity (Wildman–Crippen MR) is 67.7 cm³/mol. The summed E-state index contributed by atoms with van der Waals surface area (Å²) < 4.78 is 6.52. The van der Waals surface area contributed by atoms with Crippen LogP contribution >= 0.6 is 0 Å². The minimum Gasteiger partial charge on any atom is -0.449 e. The molecule has 1 aromatic rings. The number of nitrogens with zero attached hydrogens (tertiary/aromatic N) is 3. The predicted octanol–water partition coefficient (Wildman–Crippen LogP) is 0.919. The molecule has 1 fully saturated rings. The SMILES string of the molecule is CNC(=O)N1CCC(COC(=O)n2ccnc2)CC1. The van der Waals surface area contributed by atoms with Crippen molar-refractivity contribution in [2.75, 3.05) is 26.7 Å². The minimum atomic E-state index is -0.411. The highest BCUT2D eigenvalue weighted by atomic mass is 16.5. The lowest BCUT2D eigenvalue weighted by Gasteiger charge is -2.31. The highest BCUT2D eigenvalue weighted by Gasteiger charge is 2.23. The number of nitrogens with one attached hydrogen (secondary N) is 1. The monoisotopic (exact) mass is 266 g/mol. The average Bonchev–Trinajstić information content (AvgIpc) is 2.98. The van der Waals surface area contributed by atoms with Gasteiger partial charge in [-0.15, -0.1) is 0 Å². The molecular formula is C12H18N4O3. The van der Waals surface area contributed by atoms with Gasteiger partial charge in [0.25, 0.3) is 0 Å². The fraction of sp³-hybridized carbons (Fsp3) is 0.583. The van der Waals surface area contributed by atoms with Crippen LogP contribution in [0.3, 0.4) is 0 Å². The molecule has 0 radical (unpaired) electrons. The molecule has 0 aromatic carbocycles. The molecule has 104 valence electrons. The summed E-state index contributed by atoms with van der Waals surface area (Å²) in [5.41, 5.74) is 0. The van der Waals surface area contributed by atoms with Crippen LogP contribution in [-0.2, 0) is 4.74 Å². The molecule has 0 aliphatic carbocycles. The van der Waals surface area contributed by atoms with E-state index in [4.69, 9.17) is 4.74 Å². The van der Waals surface area contributed by atoms with Crippen LogP contribution in [0, 0.1) is 5.92 Å². The van der Waals surface area contributed by atoms with Gasteiger partial charge >= 0.3 is 12.1 Å². The van der Waals surface area contributed by atoms with Gasteiger partial charge in [-0.1, -0.05) is 0 Å². The normalized spacial score (nSPS) is 16.2. The first-order valence-electron chi connectivity index (χ1n) is 6.32. The van der Waals surface area contributed by atoms with Crippen molar-refractivity contribution in [3.63, 3.8) is 0 Å². The number of amides is 2. The number of likely N-dealkylation sites (tertiary alicyclic amines) is 1. The topological polar surface area (TPSA) is 76.5 Å². The van der Waals surface area contributed by atoms with E-state index in [0.29, 0.717) is 25.6 Å². The number of carbonyl (C=O) groups is 2. The molecule has 0 bridgehead atoms. The van der Waals surface area contributed by atoms with Crippen LogP contribution in [0.4, 0.5) is 9.59 Å². The molecule has 0 unspecified atom stereocenters. The van der Waals surface area contributed by atoms with Crippen molar-refractivity contribution in [1.29, 1.82) is 0 Å². The molecule has 2 amide bonds. The van der Waals surface area contributed by atoms with Gasteiger partial charge in [-0.25, -0.2) is 19.1 Å². The maximum atomic E-state index is 11.6. The second-order valence-electron chi connectivity index (χ2n) is 4.53. The average molecular weight is 266 g/mol. The summed E-state index contributed by atoms with van der Waals surface area (Å²) in [6.45, 7) is 1.79. The van der Waals surface area contributed by atoms with Crippen molar-refractivity contribution in [2.45, 2.75) is 12.8 Å². The number of imidazole rings is 1. The third kappa shape index (κ3) is 3.46. The highest BCUT2D eigenvalue weighted by Crippen LogP contribution is 2.17. The van der Waals surface area contributed by atoms with E-state index in [0.717, 1.165) is 12.8 Å². The number of urea groups is 1. The molecule has 7 nitrogen and oxygen atoms in total. The molecule has 1 N–H and O–H groups in total. The van der Waals surface area contributed by atoms with Gasteiger partial charge in [-0.05, 0) is 18.8 Å². The standard InChI is InChI=1S/C12H18N4O3/c1-13-11(17)15-5-2-10(3-6-15)8-19-12(18)16-7-4-14-9-16/h4,7,9-10H,2-3,5-6,8H2,1H3,(H,13,17). The molecule has 2 heterocycles. The summed E-state index contributed by atoms with van der Waals surface area (Å²) >= 11 is 0. The lowest BCUT2D eigenvalue weighted by molar-refractivity contribution is 0.103. The van der Waals surface area contributed by atoms with Crippen molar-refractivity contribution in [1.82, 2.24) is 19.8 Å². The van der Waals surface area contributed by atoms with Gasteiger partial charge in [0, 0.05) is 32.5 Å². The largest absolute Gasteiger partial charge is 0.449 e. The van der Waals surface area contributed by atoms with Crippen LogP contribution in [0.1, 0.15) is 12.8 Å². The van der Waals surface area contributed by atoms with Crippen LogP contribution in [-0.4, -0.2) is 53.3 Å². The van der Waals surface area contributed by atoms with E-state index in [2.05, 4.69) is 10.3 Å². The van der Waals surface area contributed by atoms with Crippen LogP contribution in [0.5, 0.6) is 0 Å². The van der Waals surface area contributed by atoms with Crippen LogP contribution in [0.25, 0.3) is 0 Å². The van der Waals surface area contributed by atoms with Gasteiger partial charge < -0.3 is 15.0 Å². The fourth-order valence-corrected chi connectivity index (χ4v) is 2.09. The molecule has 0 saturated carbocycles. The summed E-state index contributed by atoms with van der Waals surface area (Å²) in [6.07, 6.45) is 5.79. The Balaban J connectivity index is 1.71. The Labute approximate surface area is 111 Å². The van der Waals surface area contributed by atoms with Crippen molar-refractivity contribution in [3.05, 3.63) is 18.7 Å².